The molecule has 0 aromatic heterocycles. The topological polar surface area (TPSA) is 69.4 Å². The second-order valence-corrected chi connectivity index (χ2v) is 5.12. The van der Waals surface area contributed by atoms with Crippen molar-refractivity contribution in [2.24, 2.45) is 0 Å². The first-order chi connectivity index (χ1) is 8.70. The van der Waals surface area contributed by atoms with E-state index in [1.807, 2.05) is 0 Å². The van der Waals surface area contributed by atoms with Crippen molar-refractivity contribution in [2.45, 2.75) is 33.3 Å². The number of carbonyl (C=O) groups is 1. The van der Waals surface area contributed by atoms with Crippen LogP contribution in [0.1, 0.15) is 31.9 Å². The van der Waals surface area contributed by atoms with Gasteiger partial charge >= 0.3 is 5.97 Å². The second kappa shape index (κ2) is 5.65. The first-order valence-corrected chi connectivity index (χ1v) is 5.86. The molecule has 0 heterocycles. The Hall–Kier alpha value is -2.17. The number of esters is 1. The van der Waals surface area contributed by atoms with Gasteiger partial charge in [0.1, 0.15) is 5.60 Å². The molecule has 5 heteroatoms. The van der Waals surface area contributed by atoms with Crippen LogP contribution >= 0.6 is 0 Å². The van der Waals surface area contributed by atoms with Gasteiger partial charge in [0.25, 0.3) is 5.69 Å². The molecule has 0 atom stereocenters. The predicted octanol–water partition coefficient (Wildman–Crippen LogP) is 3.26. The smallest absolute Gasteiger partial charge is 0.331 e. The van der Waals surface area contributed by atoms with E-state index in [9.17, 15) is 14.9 Å². The Morgan fingerprint density at radius 1 is 1.37 bits per heavy atom. The minimum absolute atomic E-state index is 0.0336. The number of ether oxygens (including phenoxy) is 1. The van der Waals surface area contributed by atoms with E-state index in [-0.39, 0.29) is 5.69 Å². The molecule has 0 N–H and O–H groups in total. The zero-order chi connectivity index (χ0) is 14.6. The molecule has 0 aliphatic rings. The van der Waals surface area contributed by atoms with Crippen LogP contribution < -0.4 is 0 Å². The van der Waals surface area contributed by atoms with Crippen molar-refractivity contribution in [1.82, 2.24) is 0 Å². The number of hydrogen-bond donors (Lipinski definition) is 0. The lowest BCUT2D eigenvalue weighted by Gasteiger charge is -2.17. The third kappa shape index (κ3) is 4.54. The zero-order valence-electron chi connectivity index (χ0n) is 11.5. The molecule has 0 unspecified atom stereocenters. The minimum atomic E-state index is -0.556. The number of nitro benzene ring substituents is 1. The Morgan fingerprint density at radius 2 is 2.00 bits per heavy atom. The normalized spacial score (nSPS) is 11.6. The van der Waals surface area contributed by atoms with Crippen LogP contribution in [0, 0.1) is 17.0 Å². The van der Waals surface area contributed by atoms with E-state index >= 15 is 0 Å². The molecule has 0 aliphatic heterocycles. The minimum Gasteiger partial charge on any atom is -0.457 e. The molecule has 19 heavy (non-hydrogen) atoms. The van der Waals surface area contributed by atoms with Crippen LogP contribution in [0.25, 0.3) is 6.08 Å². The first-order valence-electron chi connectivity index (χ1n) is 5.86. The van der Waals surface area contributed by atoms with Gasteiger partial charge in [-0.2, -0.15) is 0 Å². The summed E-state index contributed by atoms with van der Waals surface area (Å²) in [5.41, 5.74) is 0.623. The lowest BCUT2D eigenvalue weighted by atomic mass is 10.1. The summed E-state index contributed by atoms with van der Waals surface area (Å²) in [6.45, 7) is 6.97. The summed E-state index contributed by atoms with van der Waals surface area (Å²) in [5.74, 6) is -0.474. The molecule has 1 aromatic carbocycles. The van der Waals surface area contributed by atoms with Gasteiger partial charge in [-0.05, 0) is 39.3 Å². The molecular weight excluding hydrogens is 246 g/mol. The molecule has 0 bridgehead atoms. The van der Waals surface area contributed by atoms with Gasteiger partial charge in [0, 0.05) is 17.7 Å². The van der Waals surface area contributed by atoms with Crippen LogP contribution in [0.5, 0.6) is 0 Å². The Morgan fingerprint density at radius 3 is 2.53 bits per heavy atom. The molecule has 102 valence electrons. The molecule has 5 nitrogen and oxygen atoms in total. The molecule has 0 aliphatic carbocycles. The fourth-order valence-electron chi connectivity index (χ4n) is 1.51. The van der Waals surface area contributed by atoms with Crippen LogP contribution in [-0.4, -0.2) is 16.5 Å². The van der Waals surface area contributed by atoms with Crippen molar-refractivity contribution in [3.8, 4) is 0 Å². The molecule has 0 amide bonds. The Bertz CT molecular complexity index is 527. The Labute approximate surface area is 112 Å². The molecule has 0 saturated carbocycles. The van der Waals surface area contributed by atoms with Crippen LogP contribution in [0.4, 0.5) is 5.69 Å². The van der Waals surface area contributed by atoms with Crippen molar-refractivity contribution in [3.63, 3.8) is 0 Å². The van der Waals surface area contributed by atoms with Crippen molar-refractivity contribution in [2.75, 3.05) is 0 Å². The summed E-state index contributed by atoms with van der Waals surface area (Å²) in [6.07, 6.45) is 2.80. The van der Waals surface area contributed by atoms with E-state index in [4.69, 9.17) is 4.74 Å². The third-order valence-corrected chi connectivity index (χ3v) is 2.35. The van der Waals surface area contributed by atoms with Crippen LogP contribution in [0.15, 0.2) is 24.3 Å². The summed E-state index contributed by atoms with van der Waals surface area (Å²) in [4.78, 5) is 21.9. The molecule has 0 fully saturated rings. The van der Waals surface area contributed by atoms with Crippen LogP contribution in [0.2, 0.25) is 0 Å². The SMILES string of the molecule is Cc1c(/C=C/C(=O)OC(C)(C)C)cccc1[N+](=O)[O-]. The fourth-order valence-corrected chi connectivity index (χ4v) is 1.51. The Kier molecular flexibility index (Phi) is 4.43. The Balaban J connectivity index is 2.92. The van der Waals surface area contributed by atoms with Gasteiger partial charge in [-0.15, -0.1) is 0 Å². The molecule has 0 radical (unpaired) electrons. The van der Waals surface area contributed by atoms with E-state index in [1.165, 1.54) is 18.2 Å². The maximum Gasteiger partial charge on any atom is 0.331 e. The van der Waals surface area contributed by atoms with Gasteiger partial charge in [-0.25, -0.2) is 4.79 Å². The van der Waals surface area contributed by atoms with Gasteiger partial charge < -0.3 is 4.74 Å². The number of hydrogen-bond acceptors (Lipinski definition) is 4. The average molecular weight is 263 g/mol. The summed E-state index contributed by atoms with van der Waals surface area (Å²) >= 11 is 0. The number of carbonyl (C=O) groups excluding carboxylic acids is 1. The van der Waals surface area contributed by atoms with Crippen LogP contribution in [0.3, 0.4) is 0 Å². The van der Waals surface area contributed by atoms with Crippen molar-refractivity contribution >= 4 is 17.7 Å². The lowest BCUT2D eigenvalue weighted by molar-refractivity contribution is -0.385. The van der Waals surface area contributed by atoms with Crippen molar-refractivity contribution in [1.29, 1.82) is 0 Å². The highest BCUT2D eigenvalue weighted by atomic mass is 16.6. The second-order valence-electron chi connectivity index (χ2n) is 5.12. The average Bonchev–Trinajstić information content (AvgIpc) is 2.24. The van der Waals surface area contributed by atoms with Gasteiger partial charge in [0.2, 0.25) is 0 Å². The number of benzene rings is 1. The van der Waals surface area contributed by atoms with E-state index in [0.717, 1.165) is 0 Å². The van der Waals surface area contributed by atoms with E-state index < -0.39 is 16.5 Å². The first kappa shape index (κ1) is 14.9. The highest BCUT2D eigenvalue weighted by Crippen LogP contribution is 2.22. The molecular formula is C14H17NO4. The van der Waals surface area contributed by atoms with Gasteiger partial charge in [-0.3, -0.25) is 10.1 Å². The highest BCUT2D eigenvalue weighted by molar-refractivity contribution is 5.87. The molecule has 0 saturated heterocycles. The van der Waals surface area contributed by atoms with Crippen LogP contribution in [-0.2, 0) is 9.53 Å². The maximum absolute atomic E-state index is 11.5. The summed E-state index contributed by atoms with van der Waals surface area (Å²) in [6, 6.07) is 4.73. The van der Waals surface area contributed by atoms with Crippen molar-refractivity contribution in [3.05, 3.63) is 45.5 Å². The lowest BCUT2D eigenvalue weighted by Crippen LogP contribution is -2.22. The van der Waals surface area contributed by atoms with Gasteiger partial charge in [0.15, 0.2) is 0 Å². The monoisotopic (exact) mass is 263 g/mol. The largest absolute Gasteiger partial charge is 0.457 e. The zero-order valence-corrected chi connectivity index (χ0v) is 11.5. The molecule has 1 rings (SSSR count). The number of nitrogens with zero attached hydrogens (tertiary/aromatic N) is 1. The number of nitro groups is 1. The summed E-state index contributed by atoms with van der Waals surface area (Å²) in [7, 11) is 0. The third-order valence-electron chi connectivity index (χ3n) is 2.35. The van der Waals surface area contributed by atoms with Crippen molar-refractivity contribution < 1.29 is 14.5 Å². The predicted molar refractivity (Wildman–Crippen MR) is 72.7 cm³/mol. The van der Waals surface area contributed by atoms with E-state index in [1.54, 1.807) is 39.8 Å². The molecule has 1 aromatic rings. The molecule has 0 spiro atoms. The summed E-state index contributed by atoms with van der Waals surface area (Å²) < 4.78 is 5.12. The standard InChI is InChI=1S/C14H17NO4/c1-10-11(6-5-7-12(10)15(17)18)8-9-13(16)19-14(2,3)4/h5-9H,1-4H3/b9-8+. The quantitative estimate of drug-likeness (QED) is 0.363. The summed E-state index contributed by atoms with van der Waals surface area (Å²) in [5, 5.41) is 10.8. The maximum atomic E-state index is 11.5. The van der Waals surface area contributed by atoms with E-state index in [2.05, 4.69) is 0 Å². The van der Waals surface area contributed by atoms with E-state index in [0.29, 0.717) is 11.1 Å². The fraction of sp³-hybridized carbons (Fsp3) is 0.357. The van der Waals surface area contributed by atoms with Gasteiger partial charge in [-0.1, -0.05) is 12.1 Å². The highest BCUT2D eigenvalue weighted by Gasteiger charge is 2.15. The number of rotatable bonds is 3. The van der Waals surface area contributed by atoms with Gasteiger partial charge in [0.05, 0.1) is 4.92 Å².